The van der Waals surface area contributed by atoms with Gasteiger partial charge in [0.1, 0.15) is 5.82 Å². The topological polar surface area (TPSA) is 76.4 Å². The molecular formula is C22H21ClFNO4S. The van der Waals surface area contributed by atoms with Gasteiger partial charge in [-0.25, -0.2) is 12.8 Å². The number of aliphatic carboxylic acids is 1. The zero-order chi connectivity index (χ0) is 21.8. The predicted octanol–water partition coefficient (Wildman–Crippen LogP) is 4.95. The van der Waals surface area contributed by atoms with Crippen molar-refractivity contribution in [3.63, 3.8) is 0 Å². The Labute approximate surface area is 179 Å². The molecule has 1 N–H and O–H groups in total. The summed E-state index contributed by atoms with van der Waals surface area (Å²) in [5.41, 5.74) is 2.94. The Balaban J connectivity index is 2.08. The highest BCUT2D eigenvalue weighted by Gasteiger charge is 2.35. The number of halogens is 2. The van der Waals surface area contributed by atoms with E-state index in [0.29, 0.717) is 28.8 Å². The van der Waals surface area contributed by atoms with Crippen molar-refractivity contribution in [3.8, 4) is 0 Å². The smallest absolute Gasteiger partial charge is 0.304 e. The molecule has 5 nitrogen and oxygen atoms in total. The Morgan fingerprint density at radius 3 is 2.57 bits per heavy atom. The van der Waals surface area contributed by atoms with Crippen LogP contribution < -0.4 is 0 Å². The van der Waals surface area contributed by atoms with E-state index in [1.807, 2.05) is 23.6 Å². The first-order chi connectivity index (χ1) is 14.1. The molecule has 0 aliphatic heterocycles. The molecule has 1 aliphatic carbocycles. The Bertz CT molecular complexity index is 1260. The van der Waals surface area contributed by atoms with Crippen LogP contribution >= 0.6 is 11.6 Å². The molecule has 0 saturated carbocycles. The van der Waals surface area contributed by atoms with Gasteiger partial charge in [0, 0.05) is 28.3 Å². The third kappa shape index (κ3) is 3.50. The van der Waals surface area contributed by atoms with Crippen LogP contribution in [0.5, 0.6) is 0 Å². The Hall–Kier alpha value is -2.38. The number of carboxylic acids is 1. The molecule has 30 heavy (non-hydrogen) atoms. The highest BCUT2D eigenvalue weighted by atomic mass is 35.5. The molecule has 0 unspecified atom stereocenters. The van der Waals surface area contributed by atoms with Gasteiger partial charge < -0.3 is 9.67 Å². The first-order valence-corrected chi connectivity index (χ1v) is 11.9. The van der Waals surface area contributed by atoms with Gasteiger partial charge in [-0.05, 0) is 55.2 Å². The van der Waals surface area contributed by atoms with E-state index in [0.717, 1.165) is 29.1 Å². The fraction of sp³-hybridized carbons (Fsp3) is 0.318. The van der Waals surface area contributed by atoms with Gasteiger partial charge in [0.15, 0.2) is 9.84 Å². The van der Waals surface area contributed by atoms with Crippen LogP contribution in [0.2, 0.25) is 5.02 Å². The number of carbonyl (C=O) groups is 1. The number of fused-ring (bicyclic) bond motifs is 3. The van der Waals surface area contributed by atoms with Crippen LogP contribution in [0.1, 0.15) is 48.5 Å². The summed E-state index contributed by atoms with van der Waals surface area (Å²) in [6.45, 7) is 1.93. The normalized spacial score (nSPS) is 17.3. The fourth-order valence-corrected chi connectivity index (χ4v) is 5.61. The highest BCUT2D eigenvalue weighted by molar-refractivity contribution is 7.91. The molecular weight excluding hydrogens is 429 g/mol. The molecule has 0 bridgehead atoms. The zero-order valence-corrected chi connectivity index (χ0v) is 18.1. The van der Waals surface area contributed by atoms with Gasteiger partial charge in [-0.3, -0.25) is 4.79 Å². The van der Waals surface area contributed by atoms with Gasteiger partial charge in [-0.2, -0.15) is 0 Å². The van der Waals surface area contributed by atoms with Crippen molar-refractivity contribution in [2.45, 2.75) is 43.0 Å². The number of nitrogens with zero attached hydrogens (tertiary/aromatic N) is 1. The largest absolute Gasteiger partial charge is 0.481 e. The molecule has 1 aromatic heterocycles. The summed E-state index contributed by atoms with van der Waals surface area (Å²) in [4.78, 5) is 11.4. The van der Waals surface area contributed by atoms with Gasteiger partial charge in [0.05, 0.1) is 22.9 Å². The van der Waals surface area contributed by atoms with Crippen molar-refractivity contribution in [1.82, 2.24) is 4.57 Å². The lowest BCUT2D eigenvalue weighted by molar-refractivity contribution is -0.137. The van der Waals surface area contributed by atoms with Crippen molar-refractivity contribution in [1.29, 1.82) is 0 Å². The SMILES string of the molecule is C[C@@H](c1ccc(Cl)cc1)n1c2c(c3cc(F)cc(S(C)(=O)=O)c31)CC[C@@H]2CC(=O)O. The van der Waals surface area contributed by atoms with Crippen LogP contribution in [0.15, 0.2) is 41.3 Å². The number of benzene rings is 2. The van der Waals surface area contributed by atoms with Crippen LogP contribution in [0.4, 0.5) is 4.39 Å². The maximum Gasteiger partial charge on any atom is 0.304 e. The van der Waals surface area contributed by atoms with E-state index in [9.17, 15) is 22.7 Å². The van der Waals surface area contributed by atoms with E-state index in [-0.39, 0.29) is 23.3 Å². The number of aromatic nitrogens is 1. The molecule has 0 spiro atoms. The van der Waals surface area contributed by atoms with E-state index in [2.05, 4.69) is 0 Å². The van der Waals surface area contributed by atoms with Crippen LogP contribution in [0.25, 0.3) is 10.9 Å². The lowest BCUT2D eigenvalue weighted by Crippen LogP contribution is -2.15. The lowest BCUT2D eigenvalue weighted by atomic mass is 10.0. The third-order valence-corrected chi connectivity index (χ3v) is 7.23. The van der Waals surface area contributed by atoms with Crippen LogP contribution in [-0.2, 0) is 21.1 Å². The van der Waals surface area contributed by atoms with Crippen LogP contribution in [0.3, 0.4) is 0 Å². The second-order valence-corrected chi connectivity index (χ2v) is 10.3. The molecule has 0 saturated heterocycles. The molecule has 0 amide bonds. The van der Waals surface area contributed by atoms with Crippen molar-refractivity contribution < 1.29 is 22.7 Å². The molecule has 0 fully saturated rings. The van der Waals surface area contributed by atoms with E-state index in [1.54, 1.807) is 12.1 Å². The van der Waals surface area contributed by atoms with Gasteiger partial charge in [-0.1, -0.05) is 23.7 Å². The standard InChI is InChI=1S/C22H21ClFNO4S/c1-12(13-3-6-15(23)7-4-13)25-21-14(9-20(26)27)5-8-17(21)18-10-16(24)11-19(22(18)25)30(2,28)29/h3-4,6-7,10-12,14H,5,8-9H2,1-2H3,(H,26,27)/t12-,14+/m0/s1. The summed E-state index contributed by atoms with van der Waals surface area (Å²) in [7, 11) is -3.72. The number of carboxylic acid groups (broad SMARTS) is 1. The number of rotatable bonds is 5. The minimum absolute atomic E-state index is 0.0622. The summed E-state index contributed by atoms with van der Waals surface area (Å²) in [6.07, 6.45) is 2.21. The van der Waals surface area contributed by atoms with Gasteiger partial charge in [0.2, 0.25) is 0 Å². The first-order valence-electron chi connectivity index (χ1n) is 9.61. The summed E-state index contributed by atoms with van der Waals surface area (Å²) in [6, 6.07) is 9.33. The minimum atomic E-state index is -3.72. The summed E-state index contributed by atoms with van der Waals surface area (Å²) >= 11 is 6.02. The third-order valence-electron chi connectivity index (χ3n) is 5.86. The molecule has 1 heterocycles. The van der Waals surface area contributed by atoms with Crippen LogP contribution in [0, 0.1) is 5.82 Å². The Kier molecular flexibility index (Phi) is 5.14. The lowest BCUT2D eigenvalue weighted by Gasteiger charge is -2.23. The molecule has 1 aliphatic rings. The van der Waals surface area contributed by atoms with E-state index in [1.165, 1.54) is 6.07 Å². The Morgan fingerprint density at radius 1 is 1.30 bits per heavy atom. The molecule has 158 valence electrons. The van der Waals surface area contributed by atoms with Gasteiger partial charge >= 0.3 is 5.97 Å². The fourth-order valence-electron chi connectivity index (χ4n) is 4.60. The molecule has 8 heteroatoms. The zero-order valence-electron chi connectivity index (χ0n) is 16.5. The monoisotopic (exact) mass is 449 g/mol. The van der Waals surface area contributed by atoms with E-state index < -0.39 is 21.6 Å². The van der Waals surface area contributed by atoms with E-state index >= 15 is 0 Å². The summed E-state index contributed by atoms with van der Waals surface area (Å²) in [5.74, 6) is -1.81. The van der Waals surface area contributed by atoms with Crippen LogP contribution in [-0.4, -0.2) is 30.3 Å². The van der Waals surface area contributed by atoms with Crippen molar-refractivity contribution in [2.75, 3.05) is 6.26 Å². The maximum absolute atomic E-state index is 14.4. The average Bonchev–Trinajstić information content (AvgIpc) is 3.18. The minimum Gasteiger partial charge on any atom is -0.481 e. The predicted molar refractivity (Wildman–Crippen MR) is 114 cm³/mol. The summed E-state index contributed by atoms with van der Waals surface area (Å²) < 4.78 is 41.4. The number of sulfone groups is 1. The molecule has 0 radical (unpaired) electrons. The second kappa shape index (κ2) is 7.39. The van der Waals surface area contributed by atoms with E-state index in [4.69, 9.17) is 11.6 Å². The first kappa shape index (κ1) is 20.9. The van der Waals surface area contributed by atoms with Gasteiger partial charge in [0.25, 0.3) is 0 Å². The molecule has 3 aromatic rings. The molecule has 2 aromatic carbocycles. The van der Waals surface area contributed by atoms with Crippen molar-refractivity contribution in [2.24, 2.45) is 0 Å². The summed E-state index contributed by atoms with van der Waals surface area (Å²) in [5, 5.41) is 10.5. The van der Waals surface area contributed by atoms with Crippen molar-refractivity contribution >= 4 is 38.3 Å². The molecule has 4 rings (SSSR count). The van der Waals surface area contributed by atoms with Crippen molar-refractivity contribution in [3.05, 3.63) is 64.1 Å². The van der Waals surface area contributed by atoms with Gasteiger partial charge in [-0.15, -0.1) is 0 Å². The maximum atomic E-state index is 14.4. The Morgan fingerprint density at radius 2 is 1.97 bits per heavy atom. The quantitative estimate of drug-likeness (QED) is 0.597. The number of hydrogen-bond acceptors (Lipinski definition) is 3. The second-order valence-electron chi connectivity index (χ2n) is 7.87. The highest BCUT2D eigenvalue weighted by Crippen LogP contribution is 2.46. The molecule has 2 atom stereocenters. The average molecular weight is 450 g/mol. The number of hydrogen-bond donors (Lipinski definition) is 1. The number of aryl methyl sites for hydroxylation is 1.